The Hall–Kier alpha value is -2.62. The molecule has 3 nitrogen and oxygen atoms in total. The molecule has 0 unspecified atom stereocenters. The van der Waals surface area contributed by atoms with Crippen LogP contribution in [-0.2, 0) is 0 Å². The van der Waals surface area contributed by atoms with Crippen LogP contribution in [0.2, 0.25) is 0 Å². The van der Waals surface area contributed by atoms with E-state index in [2.05, 4.69) is 0 Å². The van der Waals surface area contributed by atoms with Gasteiger partial charge in [-0.3, -0.25) is 4.79 Å². The van der Waals surface area contributed by atoms with E-state index in [4.69, 9.17) is 0 Å². The van der Waals surface area contributed by atoms with Gasteiger partial charge in [0.25, 0.3) is 0 Å². The summed E-state index contributed by atoms with van der Waals surface area (Å²) < 4.78 is 12.9. The first-order valence-corrected chi connectivity index (χ1v) is 6.45. The highest BCUT2D eigenvalue weighted by atomic mass is 19.1. The number of phenols is 1. The predicted molar refractivity (Wildman–Crippen MR) is 82.2 cm³/mol. The molecule has 2 aromatic carbocycles. The molecular weight excluding hydrogens is 269 g/mol. The molecule has 0 saturated heterocycles. The van der Waals surface area contributed by atoms with Gasteiger partial charge in [0, 0.05) is 25.8 Å². The normalized spacial score (nSPS) is 10.8. The molecule has 0 saturated carbocycles. The van der Waals surface area contributed by atoms with Crippen LogP contribution in [0.4, 0.5) is 10.1 Å². The number of allylic oxidation sites excluding steroid dienone is 1. The van der Waals surface area contributed by atoms with E-state index in [9.17, 15) is 14.3 Å². The van der Waals surface area contributed by atoms with Gasteiger partial charge in [-0.2, -0.15) is 0 Å². The number of nitrogens with zero attached hydrogens (tertiary/aromatic N) is 1. The Bertz CT molecular complexity index is 676. The minimum atomic E-state index is -0.577. The Morgan fingerprint density at radius 3 is 2.38 bits per heavy atom. The van der Waals surface area contributed by atoms with Crippen molar-refractivity contribution in [2.45, 2.75) is 0 Å². The number of phenolic OH excluding ortho intramolecular Hbond substituents is 1. The van der Waals surface area contributed by atoms with Crippen molar-refractivity contribution in [3.05, 3.63) is 65.5 Å². The van der Waals surface area contributed by atoms with Crippen molar-refractivity contribution >= 4 is 17.5 Å². The van der Waals surface area contributed by atoms with Gasteiger partial charge in [0.1, 0.15) is 11.6 Å². The second-order valence-corrected chi connectivity index (χ2v) is 4.85. The third-order valence-electron chi connectivity index (χ3n) is 3.06. The molecule has 4 heteroatoms. The van der Waals surface area contributed by atoms with Crippen LogP contribution in [0.3, 0.4) is 0 Å². The molecule has 2 rings (SSSR count). The third-order valence-corrected chi connectivity index (χ3v) is 3.06. The van der Waals surface area contributed by atoms with Crippen LogP contribution in [0.25, 0.3) is 6.08 Å². The summed E-state index contributed by atoms with van der Waals surface area (Å²) in [4.78, 5) is 13.9. The van der Waals surface area contributed by atoms with Crippen molar-refractivity contribution in [1.82, 2.24) is 0 Å². The van der Waals surface area contributed by atoms with E-state index in [0.29, 0.717) is 0 Å². The van der Waals surface area contributed by atoms with E-state index >= 15 is 0 Å². The fourth-order valence-electron chi connectivity index (χ4n) is 1.86. The van der Waals surface area contributed by atoms with E-state index in [-0.39, 0.29) is 17.1 Å². The fourth-order valence-corrected chi connectivity index (χ4v) is 1.86. The Labute approximate surface area is 123 Å². The summed E-state index contributed by atoms with van der Waals surface area (Å²) >= 11 is 0. The molecule has 0 heterocycles. The van der Waals surface area contributed by atoms with Crippen molar-refractivity contribution in [3.63, 3.8) is 0 Å². The fraction of sp³-hybridized carbons (Fsp3) is 0.118. The first-order chi connectivity index (χ1) is 9.97. The number of hydrogen-bond acceptors (Lipinski definition) is 3. The van der Waals surface area contributed by atoms with Gasteiger partial charge in [-0.05, 0) is 35.9 Å². The molecule has 0 aromatic heterocycles. The van der Waals surface area contributed by atoms with Crippen LogP contribution in [0.1, 0.15) is 15.9 Å². The topological polar surface area (TPSA) is 40.5 Å². The second kappa shape index (κ2) is 6.22. The van der Waals surface area contributed by atoms with Gasteiger partial charge < -0.3 is 10.0 Å². The molecule has 0 bridgehead atoms. The number of halogens is 1. The van der Waals surface area contributed by atoms with Gasteiger partial charge in [0.2, 0.25) is 0 Å². The summed E-state index contributed by atoms with van der Waals surface area (Å²) in [6.07, 6.45) is 3.02. The van der Waals surface area contributed by atoms with Crippen molar-refractivity contribution < 1.29 is 14.3 Å². The van der Waals surface area contributed by atoms with Crippen molar-refractivity contribution in [2.24, 2.45) is 0 Å². The highest BCUT2D eigenvalue weighted by molar-refractivity contribution is 6.08. The Kier molecular flexibility index (Phi) is 4.38. The third kappa shape index (κ3) is 3.69. The van der Waals surface area contributed by atoms with Gasteiger partial charge in [-0.1, -0.05) is 18.2 Å². The van der Waals surface area contributed by atoms with Gasteiger partial charge >= 0.3 is 0 Å². The van der Waals surface area contributed by atoms with Crippen molar-refractivity contribution in [3.8, 4) is 5.75 Å². The number of hydrogen-bond donors (Lipinski definition) is 1. The number of benzene rings is 2. The lowest BCUT2D eigenvalue weighted by molar-refractivity contribution is 0.104. The molecule has 0 atom stereocenters. The lowest BCUT2D eigenvalue weighted by Gasteiger charge is -2.11. The average Bonchev–Trinajstić information content (AvgIpc) is 2.45. The molecule has 21 heavy (non-hydrogen) atoms. The quantitative estimate of drug-likeness (QED) is 0.690. The van der Waals surface area contributed by atoms with Gasteiger partial charge in [-0.25, -0.2) is 4.39 Å². The predicted octanol–water partition coefficient (Wildman–Crippen LogP) is 3.49. The summed E-state index contributed by atoms with van der Waals surface area (Å²) in [5.74, 6) is -1.30. The minimum absolute atomic E-state index is 0.0811. The lowest BCUT2D eigenvalue weighted by atomic mass is 10.1. The maximum Gasteiger partial charge on any atom is 0.189 e. The Morgan fingerprint density at radius 2 is 1.81 bits per heavy atom. The summed E-state index contributed by atoms with van der Waals surface area (Å²) in [6, 6.07) is 11.0. The number of ketones is 1. The second-order valence-electron chi connectivity index (χ2n) is 4.85. The highest BCUT2D eigenvalue weighted by Gasteiger charge is 2.08. The lowest BCUT2D eigenvalue weighted by Crippen LogP contribution is -2.07. The largest absolute Gasteiger partial charge is 0.507 e. The number of rotatable bonds is 4. The van der Waals surface area contributed by atoms with Gasteiger partial charge in [0.05, 0.1) is 5.56 Å². The summed E-state index contributed by atoms with van der Waals surface area (Å²) in [7, 11) is 3.90. The maximum absolute atomic E-state index is 12.9. The SMILES string of the molecule is CN(C)c1ccc(/C=C/C(=O)c2ccc(F)cc2O)cc1. The Balaban J connectivity index is 2.15. The van der Waals surface area contributed by atoms with Crippen LogP contribution in [0.15, 0.2) is 48.5 Å². The number of carbonyl (C=O) groups is 1. The van der Waals surface area contributed by atoms with E-state index in [1.165, 1.54) is 12.1 Å². The summed E-state index contributed by atoms with van der Waals surface area (Å²) in [5, 5.41) is 9.56. The molecule has 1 N–H and O–H groups in total. The molecule has 0 radical (unpaired) electrons. The smallest absolute Gasteiger partial charge is 0.189 e. The summed E-state index contributed by atoms with van der Waals surface area (Å²) in [6.45, 7) is 0. The van der Waals surface area contributed by atoms with Crippen LogP contribution >= 0.6 is 0 Å². The molecule has 2 aromatic rings. The van der Waals surface area contributed by atoms with Crippen molar-refractivity contribution in [1.29, 1.82) is 0 Å². The van der Waals surface area contributed by atoms with Crippen LogP contribution in [0.5, 0.6) is 5.75 Å². The van der Waals surface area contributed by atoms with Crippen LogP contribution in [0, 0.1) is 5.82 Å². The van der Waals surface area contributed by atoms with E-state index < -0.39 is 5.82 Å². The maximum atomic E-state index is 12.9. The molecule has 108 valence electrons. The number of carbonyl (C=O) groups excluding carboxylic acids is 1. The Morgan fingerprint density at radius 1 is 1.14 bits per heavy atom. The van der Waals surface area contributed by atoms with Crippen LogP contribution < -0.4 is 4.90 Å². The molecule has 0 fully saturated rings. The summed E-state index contributed by atoms with van der Waals surface area (Å²) in [5.41, 5.74) is 2.02. The zero-order valence-corrected chi connectivity index (χ0v) is 11.9. The molecule has 0 aliphatic rings. The van der Waals surface area contributed by atoms with Gasteiger partial charge in [-0.15, -0.1) is 0 Å². The first kappa shape index (κ1) is 14.8. The van der Waals surface area contributed by atoms with E-state index in [1.807, 2.05) is 43.3 Å². The van der Waals surface area contributed by atoms with Crippen molar-refractivity contribution in [2.75, 3.05) is 19.0 Å². The molecule has 0 spiro atoms. The van der Waals surface area contributed by atoms with E-state index in [0.717, 1.165) is 23.4 Å². The first-order valence-electron chi connectivity index (χ1n) is 6.45. The average molecular weight is 285 g/mol. The molecule has 0 amide bonds. The zero-order chi connectivity index (χ0) is 15.4. The zero-order valence-electron chi connectivity index (χ0n) is 11.9. The monoisotopic (exact) mass is 285 g/mol. The van der Waals surface area contributed by atoms with E-state index in [1.54, 1.807) is 6.08 Å². The highest BCUT2D eigenvalue weighted by Crippen LogP contribution is 2.19. The van der Waals surface area contributed by atoms with Gasteiger partial charge in [0.15, 0.2) is 5.78 Å². The minimum Gasteiger partial charge on any atom is -0.507 e. The molecular formula is C17H16FNO2. The molecule has 0 aliphatic heterocycles. The number of aromatic hydroxyl groups is 1. The number of anilines is 1. The standard InChI is InChI=1S/C17H16FNO2/c1-19(2)14-7-3-12(4-8-14)5-10-16(20)15-9-6-13(18)11-17(15)21/h3-11,21H,1-2H3/b10-5+. The van der Waals surface area contributed by atoms with Crippen LogP contribution in [-0.4, -0.2) is 25.0 Å². The molecule has 0 aliphatic carbocycles.